The second kappa shape index (κ2) is 5.89. The van der Waals surface area contributed by atoms with Crippen LogP contribution in [0.5, 0.6) is 11.5 Å². The predicted octanol–water partition coefficient (Wildman–Crippen LogP) is 2.32. The molecule has 2 aliphatic heterocycles. The van der Waals surface area contributed by atoms with Gasteiger partial charge in [-0.1, -0.05) is 6.07 Å². The third kappa shape index (κ3) is 2.47. The van der Waals surface area contributed by atoms with Crippen molar-refractivity contribution in [3.8, 4) is 11.5 Å². The molecule has 2 aromatic rings. The van der Waals surface area contributed by atoms with E-state index < -0.39 is 10.8 Å². The average Bonchev–Trinajstić information content (AvgIpc) is 3.27. The number of aromatic nitrogens is 1. The van der Waals surface area contributed by atoms with E-state index in [-0.39, 0.29) is 24.9 Å². The molecule has 0 bridgehead atoms. The first-order valence-electron chi connectivity index (χ1n) is 8.84. The second-order valence-electron chi connectivity index (χ2n) is 7.04. The molecule has 1 aliphatic carbocycles. The average molecular weight is 385 g/mol. The summed E-state index contributed by atoms with van der Waals surface area (Å²) in [7, 11) is 0. The van der Waals surface area contributed by atoms with Gasteiger partial charge in [0.05, 0.1) is 5.92 Å². The minimum atomic E-state index is -1.43. The molecule has 0 fully saturated rings. The van der Waals surface area contributed by atoms with E-state index in [1.165, 1.54) is 6.08 Å². The number of benzene rings is 1. The summed E-state index contributed by atoms with van der Waals surface area (Å²) < 4.78 is 10.8. The number of amides is 1. The van der Waals surface area contributed by atoms with Gasteiger partial charge in [0.1, 0.15) is 4.87 Å². The Morgan fingerprint density at radius 2 is 2.04 bits per heavy atom. The number of ketones is 1. The molecule has 1 aromatic carbocycles. The van der Waals surface area contributed by atoms with Gasteiger partial charge in [-0.2, -0.15) is 0 Å². The molecule has 2 unspecified atom stereocenters. The zero-order valence-electron chi connectivity index (χ0n) is 14.4. The molecule has 0 saturated carbocycles. The molecule has 2 atom stereocenters. The Bertz CT molecular complexity index is 996. The molecule has 5 rings (SSSR count). The third-order valence-electron chi connectivity index (χ3n) is 5.44. The van der Waals surface area contributed by atoms with Crippen LogP contribution >= 0.6 is 11.6 Å². The maximum absolute atomic E-state index is 13.0. The van der Waals surface area contributed by atoms with Gasteiger partial charge in [-0.15, -0.1) is 11.6 Å². The van der Waals surface area contributed by atoms with Crippen molar-refractivity contribution in [2.24, 2.45) is 0 Å². The minimum absolute atomic E-state index is 0.156. The topological polar surface area (TPSA) is 80.4 Å². The lowest BCUT2D eigenvalue weighted by molar-refractivity contribution is -0.128. The Kier molecular flexibility index (Phi) is 3.59. The summed E-state index contributed by atoms with van der Waals surface area (Å²) in [4.78, 5) is 27.7. The zero-order valence-corrected chi connectivity index (χ0v) is 15.1. The molecule has 138 valence electrons. The number of nitrogens with one attached hydrogen (secondary N) is 2. The van der Waals surface area contributed by atoms with Gasteiger partial charge < -0.3 is 19.8 Å². The van der Waals surface area contributed by atoms with Crippen molar-refractivity contribution >= 4 is 29.4 Å². The van der Waals surface area contributed by atoms with Crippen LogP contribution < -0.4 is 14.8 Å². The molecule has 1 aromatic heterocycles. The number of rotatable bonds is 2. The van der Waals surface area contributed by atoms with Crippen molar-refractivity contribution in [1.82, 2.24) is 10.3 Å². The Hall–Kier alpha value is -2.73. The number of ether oxygens (including phenoxy) is 2. The molecule has 6 nitrogen and oxygen atoms in total. The van der Waals surface area contributed by atoms with Crippen molar-refractivity contribution in [2.45, 2.75) is 23.6 Å². The lowest BCUT2D eigenvalue weighted by atomic mass is 9.73. The van der Waals surface area contributed by atoms with Crippen LogP contribution in [0.4, 0.5) is 0 Å². The van der Waals surface area contributed by atoms with Crippen LogP contribution in [0, 0.1) is 0 Å². The van der Waals surface area contributed by atoms with Gasteiger partial charge in [-0.05, 0) is 47.4 Å². The second-order valence-corrected chi connectivity index (χ2v) is 7.72. The Labute approximate surface area is 160 Å². The van der Waals surface area contributed by atoms with Gasteiger partial charge in [0, 0.05) is 24.9 Å². The fourth-order valence-electron chi connectivity index (χ4n) is 4.16. The van der Waals surface area contributed by atoms with Crippen molar-refractivity contribution in [1.29, 1.82) is 0 Å². The summed E-state index contributed by atoms with van der Waals surface area (Å²) in [5, 5.41) is 2.89. The quantitative estimate of drug-likeness (QED) is 0.779. The van der Waals surface area contributed by atoms with Crippen molar-refractivity contribution < 1.29 is 19.1 Å². The number of fused-ring (bicyclic) bond motifs is 1. The highest BCUT2D eigenvalue weighted by atomic mass is 35.5. The maximum Gasteiger partial charge on any atom is 0.242 e. The smallest absolute Gasteiger partial charge is 0.242 e. The largest absolute Gasteiger partial charge is 0.454 e. The van der Waals surface area contributed by atoms with Crippen molar-refractivity contribution in [3.05, 3.63) is 52.9 Å². The number of hydrogen-bond donors (Lipinski definition) is 2. The van der Waals surface area contributed by atoms with Gasteiger partial charge in [-0.3, -0.25) is 9.59 Å². The molecule has 7 heteroatoms. The summed E-state index contributed by atoms with van der Waals surface area (Å²) in [6.45, 7) is 0.649. The van der Waals surface area contributed by atoms with Crippen LogP contribution in [0.2, 0.25) is 0 Å². The minimum Gasteiger partial charge on any atom is -0.454 e. The van der Waals surface area contributed by atoms with E-state index in [0.717, 1.165) is 22.4 Å². The van der Waals surface area contributed by atoms with E-state index in [9.17, 15) is 9.59 Å². The highest BCUT2D eigenvalue weighted by Crippen LogP contribution is 2.45. The summed E-state index contributed by atoms with van der Waals surface area (Å²) in [6, 6.07) is 5.47. The fraction of sp³-hybridized carbons (Fsp3) is 0.300. The highest BCUT2D eigenvalue weighted by Gasteiger charge is 2.51. The summed E-state index contributed by atoms with van der Waals surface area (Å²) >= 11 is 6.99. The van der Waals surface area contributed by atoms with E-state index in [1.807, 2.05) is 18.3 Å². The number of aromatic amines is 1. The number of H-pyrrole nitrogens is 1. The van der Waals surface area contributed by atoms with Crippen LogP contribution in [0.15, 0.2) is 30.5 Å². The van der Waals surface area contributed by atoms with Crippen LogP contribution in [0.25, 0.3) is 6.08 Å². The Balaban J connectivity index is 1.61. The number of hydrogen-bond acceptors (Lipinski definition) is 4. The van der Waals surface area contributed by atoms with E-state index >= 15 is 0 Å². The molecule has 3 heterocycles. The van der Waals surface area contributed by atoms with Gasteiger partial charge in [0.2, 0.25) is 12.7 Å². The van der Waals surface area contributed by atoms with E-state index in [4.69, 9.17) is 21.1 Å². The maximum atomic E-state index is 13.0. The van der Waals surface area contributed by atoms with Crippen LogP contribution in [-0.4, -0.2) is 34.9 Å². The zero-order chi connectivity index (χ0) is 18.6. The van der Waals surface area contributed by atoms with Crippen molar-refractivity contribution in [2.75, 3.05) is 13.3 Å². The molecular formula is C20H17ClN2O4. The third-order valence-corrected chi connectivity index (χ3v) is 5.96. The number of carbonyl (C=O) groups is 2. The number of halogens is 1. The molecule has 3 aliphatic rings. The lowest BCUT2D eigenvalue weighted by Crippen LogP contribution is -2.52. The molecule has 0 spiro atoms. The van der Waals surface area contributed by atoms with Crippen LogP contribution in [0.1, 0.15) is 28.3 Å². The predicted molar refractivity (Wildman–Crippen MR) is 99.1 cm³/mol. The lowest BCUT2D eigenvalue weighted by Gasteiger charge is -2.36. The molecule has 27 heavy (non-hydrogen) atoms. The molecule has 1 amide bonds. The van der Waals surface area contributed by atoms with Gasteiger partial charge in [0.25, 0.3) is 0 Å². The van der Waals surface area contributed by atoms with E-state index in [0.29, 0.717) is 24.5 Å². The number of carbonyl (C=O) groups excluding carboxylic acids is 2. The fourth-order valence-corrected chi connectivity index (χ4v) is 4.59. The van der Waals surface area contributed by atoms with E-state index in [1.54, 1.807) is 12.1 Å². The molecule has 0 saturated heterocycles. The first-order valence-corrected chi connectivity index (χ1v) is 9.22. The Morgan fingerprint density at radius 3 is 2.93 bits per heavy atom. The normalized spacial score (nSPS) is 25.6. The molecule has 0 radical (unpaired) electrons. The summed E-state index contributed by atoms with van der Waals surface area (Å²) in [5.41, 5.74) is 3.52. The molecule has 2 N–H and O–H groups in total. The summed E-state index contributed by atoms with van der Waals surface area (Å²) in [6.07, 6.45) is 6.02. The first kappa shape index (κ1) is 16.4. The number of alkyl halides is 1. The SMILES string of the molecule is O=C1C=Cc2[nH]cc3c2C1C(Cl)(Cc1ccc2c(c1)OCO2)C(=O)NCC3. The van der Waals surface area contributed by atoms with Crippen LogP contribution in [-0.2, 0) is 22.4 Å². The van der Waals surface area contributed by atoms with Gasteiger partial charge >= 0.3 is 0 Å². The number of allylic oxidation sites excluding steroid dienone is 1. The monoisotopic (exact) mass is 384 g/mol. The van der Waals surface area contributed by atoms with Crippen molar-refractivity contribution in [3.63, 3.8) is 0 Å². The standard InChI is InChI=1S/C20H17ClN2O4/c21-20(8-11-1-4-15-16(7-11)27-10-26-15)18-14(24)3-2-13-17(18)12(9-23-13)5-6-22-19(20)25/h1-4,7,9,18,23H,5-6,8,10H2,(H,22,25). The van der Waals surface area contributed by atoms with Gasteiger partial charge in [0.15, 0.2) is 17.3 Å². The summed E-state index contributed by atoms with van der Waals surface area (Å²) in [5.74, 6) is 0.0591. The van der Waals surface area contributed by atoms with E-state index in [2.05, 4.69) is 10.3 Å². The first-order chi connectivity index (χ1) is 13.1. The van der Waals surface area contributed by atoms with Gasteiger partial charge in [-0.25, -0.2) is 0 Å². The highest BCUT2D eigenvalue weighted by molar-refractivity contribution is 6.38. The Morgan fingerprint density at radius 1 is 1.19 bits per heavy atom. The molecular weight excluding hydrogens is 368 g/mol. The van der Waals surface area contributed by atoms with Crippen LogP contribution in [0.3, 0.4) is 0 Å².